The van der Waals surface area contributed by atoms with Crippen LogP contribution in [0.15, 0.2) is 48.1 Å². The van der Waals surface area contributed by atoms with Crippen molar-refractivity contribution >= 4 is 0 Å². The first-order chi connectivity index (χ1) is 7.12. The highest BCUT2D eigenvalue weighted by Crippen LogP contribution is 2.37. The molecule has 1 nitrogen and oxygen atoms in total. The molecule has 0 aliphatic heterocycles. The molecule has 1 heteroatoms. The Bertz CT molecular complexity index is 429. The predicted octanol–water partition coefficient (Wildman–Crippen LogP) is 3.56. The summed E-state index contributed by atoms with van der Waals surface area (Å²) >= 11 is 0. The van der Waals surface area contributed by atoms with Crippen LogP contribution in [0.3, 0.4) is 0 Å². The fraction of sp³-hybridized carbons (Fsp3) is 0.286. The zero-order valence-electron chi connectivity index (χ0n) is 9.20. The molecule has 0 saturated heterocycles. The summed E-state index contributed by atoms with van der Waals surface area (Å²) in [6, 6.07) is 7.57. The van der Waals surface area contributed by atoms with E-state index < -0.39 is 0 Å². The Morgan fingerprint density at radius 1 is 1.27 bits per heavy atom. The third-order valence-corrected chi connectivity index (χ3v) is 3.08. The molecule has 0 spiro atoms. The van der Waals surface area contributed by atoms with E-state index in [4.69, 9.17) is 0 Å². The van der Waals surface area contributed by atoms with Gasteiger partial charge in [0.25, 0.3) is 0 Å². The van der Waals surface area contributed by atoms with Crippen LogP contribution in [0.25, 0.3) is 0 Å². The van der Waals surface area contributed by atoms with Crippen LogP contribution in [0.5, 0.6) is 5.75 Å². The van der Waals surface area contributed by atoms with E-state index in [0.717, 1.165) is 12.0 Å². The third kappa shape index (κ3) is 1.82. The van der Waals surface area contributed by atoms with Gasteiger partial charge in [0.15, 0.2) is 0 Å². The largest absolute Gasteiger partial charge is 0.508 e. The lowest BCUT2D eigenvalue weighted by atomic mass is 9.76. The van der Waals surface area contributed by atoms with Gasteiger partial charge in [0.2, 0.25) is 0 Å². The molecule has 0 fully saturated rings. The number of para-hydroxylation sites is 1. The molecular formula is C14H16O. The number of hydrogen-bond donors (Lipinski definition) is 1. The molecular weight excluding hydrogens is 184 g/mol. The lowest BCUT2D eigenvalue weighted by Crippen LogP contribution is -2.20. The van der Waals surface area contributed by atoms with Crippen molar-refractivity contribution in [2.75, 3.05) is 0 Å². The third-order valence-electron chi connectivity index (χ3n) is 3.08. The number of benzene rings is 1. The highest BCUT2D eigenvalue weighted by atomic mass is 16.3. The minimum absolute atomic E-state index is 0.0646. The summed E-state index contributed by atoms with van der Waals surface area (Å²) in [6.45, 7) is 4.25. The van der Waals surface area contributed by atoms with Crippen molar-refractivity contribution in [3.63, 3.8) is 0 Å². The second kappa shape index (κ2) is 3.58. The van der Waals surface area contributed by atoms with E-state index in [1.807, 2.05) is 18.2 Å². The number of rotatable bonds is 1. The van der Waals surface area contributed by atoms with Crippen LogP contribution in [-0.4, -0.2) is 5.11 Å². The van der Waals surface area contributed by atoms with Crippen molar-refractivity contribution in [1.29, 1.82) is 0 Å². The maximum absolute atomic E-state index is 9.84. The Hall–Kier alpha value is -1.50. The molecule has 0 heterocycles. The summed E-state index contributed by atoms with van der Waals surface area (Å²) in [5.74, 6) is 0.387. The standard InChI is InChI=1S/C14H16O/c1-11-7-9-14(2,10-8-11)12-5-3-4-6-13(12)15/h3-9,15H,10H2,1-2H3. The van der Waals surface area contributed by atoms with Crippen LogP contribution in [0.4, 0.5) is 0 Å². The highest BCUT2D eigenvalue weighted by Gasteiger charge is 2.26. The zero-order valence-corrected chi connectivity index (χ0v) is 9.20. The van der Waals surface area contributed by atoms with E-state index in [0.29, 0.717) is 5.75 Å². The number of phenols is 1. The van der Waals surface area contributed by atoms with Crippen LogP contribution in [-0.2, 0) is 5.41 Å². The van der Waals surface area contributed by atoms with Crippen molar-refractivity contribution in [3.05, 3.63) is 53.6 Å². The van der Waals surface area contributed by atoms with Gasteiger partial charge in [-0.1, -0.05) is 48.9 Å². The normalized spacial score (nSPS) is 25.1. The molecule has 0 amide bonds. The molecule has 0 aromatic heterocycles. The second-order valence-corrected chi connectivity index (χ2v) is 4.42. The van der Waals surface area contributed by atoms with Crippen molar-refractivity contribution in [3.8, 4) is 5.75 Å². The van der Waals surface area contributed by atoms with Gasteiger partial charge in [-0.25, -0.2) is 0 Å². The van der Waals surface area contributed by atoms with E-state index in [1.165, 1.54) is 5.57 Å². The fourth-order valence-corrected chi connectivity index (χ4v) is 1.98. The molecule has 0 bridgehead atoms. The summed E-state index contributed by atoms with van der Waals surface area (Å²) in [5.41, 5.74) is 2.23. The Kier molecular flexibility index (Phi) is 2.39. The monoisotopic (exact) mass is 200 g/mol. The maximum atomic E-state index is 9.84. The van der Waals surface area contributed by atoms with Crippen molar-refractivity contribution in [2.24, 2.45) is 0 Å². The lowest BCUT2D eigenvalue weighted by molar-refractivity contribution is 0.449. The van der Waals surface area contributed by atoms with E-state index in [-0.39, 0.29) is 5.41 Å². The van der Waals surface area contributed by atoms with Crippen LogP contribution >= 0.6 is 0 Å². The van der Waals surface area contributed by atoms with Crippen LogP contribution in [0, 0.1) is 0 Å². The molecule has 0 saturated carbocycles. The van der Waals surface area contributed by atoms with Gasteiger partial charge in [-0.3, -0.25) is 0 Å². The first-order valence-corrected chi connectivity index (χ1v) is 5.26. The average molecular weight is 200 g/mol. The number of aromatic hydroxyl groups is 1. The fourth-order valence-electron chi connectivity index (χ4n) is 1.98. The average Bonchev–Trinajstić information content (AvgIpc) is 2.23. The summed E-state index contributed by atoms with van der Waals surface area (Å²) in [6.07, 6.45) is 7.46. The SMILES string of the molecule is CC1=CCC(C)(c2ccccc2O)C=C1. The highest BCUT2D eigenvalue weighted by molar-refractivity contribution is 5.44. The first-order valence-electron chi connectivity index (χ1n) is 5.26. The summed E-state index contributed by atoms with van der Waals surface area (Å²) < 4.78 is 0. The molecule has 1 aliphatic rings. The van der Waals surface area contributed by atoms with E-state index in [1.54, 1.807) is 6.07 Å². The topological polar surface area (TPSA) is 20.2 Å². The van der Waals surface area contributed by atoms with Gasteiger partial charge < -0.3 is 5.11 Å². The number of allylic oxidation sites excluding steroid dienone is 4. The summed E-state index contributed by atoms with van der Waals surface area (Å²) in [4.78, 5) is 0. The summed E-state index contributed by atoms with van der Waals surface area (Å²) in [5, 5.41) is 9.84. The predicted molar refractivity (Wildman–Crippen MR) is 63.0 cm³/mol. The minimum atomic E-state index is -0.0646. The molecule has 1 aromatic carbocycles. The van der Waals surface area contributed by atoms with Crippen molar-refractivity contribution in [2.45, 2.75) is 25.7 Å². The van der Waals surface area contributed by atoms with Gasteiger partial charge in [0.05, 0.1) is 0 Å². The number of hydrogen-bond acceptors (Lipinski definition) is 1. The second-order valence-electron chi connectivity index (χ2n) is 4.42. The Morgan fingerprint density at radius 3 is 2.60 bits per heavy atom. The quantitative estimate of drug-likeness (QED) is 0.735. The molecule has 1 N–H and O–H groups in total. The molecule has 0 radical (unpaired) electrons. The van der Waals surface area contributed by atoms with Gasteiger partial charge in [-0.05, 0) is 19.4 Å². The molecule has 15 heavy (non-hydrogen) atoms. The minimum Gasteiger partial charge on any atom is -0.508 e. The molecule has 1 aromatic rings. The Labute approximate surface area is 90.8 Å². The van der Waals surface area contributed by atoms with Gasteiger partial charge in [-0.15, -0.1) is 0 Å². The Balaban J connectivity index is 2.40. The van der Waals surface area contributed by atoms with Crippen molar-refractivity contribution < 1.29 is 5.11 Å². The van der Waals surface area contributed by atoms with Gasteiger partial charge >= 0.3 is 0 Å². The first kappa shape index (κ1) is 10.0. The van der Waals surface area contributed by atoms with Gasteiger partial charge in [0.1, 0.15) is 5.75 Å². The van der Waals surface area contributed by atoms with Crippen LogP contribution in [0.1, 0.15) is 25.8 Å². The van der Waals surface area contributed by atoms with E-state index in [2.05, 4.69) is 32.1 Å². The molecule has 1 aliphatic carbocycles. The summed E-state index contributed by atoms with van der Waals surface area (Å²) in [7, 11) is 0. The molecule has 78 valence electrons. The van der Waals surface area contributed by atoms with Crippen LogP contribution < -0.4 is 0 Å². The molecule has 1 unspecified atom stereocenters. The molecule has 2 rings (SSSR count). The van der Waals surface area contributed by atoms with Crippen LogP contribution in [0.2, 0.25) is 0 Å². The smallest absolute Gasteiger partial charge is 0.119 e. The van der Waals surface area contributed by atoms with Gasteiger partial charge in [0, 0.05) is 11.0 Å². The van der Waals surface area contributed by atoms with Gasteiger partial charge in [-0.2, -0.15) is 0 Å². The molecule has 1 atom stereocenters. The zero-order chi connectivity index (χ0) is 10.9. The Morgan fingerprint density at radius 2 is 2.00 bits per heavy atom. The van der Waals surface area contributed by atoms with Crippen molar-refractivity contribution in [1.82, 2.24) is 0 Å². The van der Waals surface area contributed by atoms with E-state index in [9.17, 15) is 5.11 Å². The lowest BCUT2D eigenvalue weighted by Gasteiger charge is -2.28. The maximum Gasteiger partial charge on any atom is 0.119 e. The van der Waals surface area contributed by atoms with E-state index >= 15 is 0 Å². The number of phenolic OH excluding ortho intramolecular Hbond substituents is 1.